The fourth-order valence-electron chi connectivity index (χ4n) is 0.953. The average molecular weight is 171 g/mol. The Labute approximate surface area is 77.4 Å². The molecule has 0 aliphatic rings. The second-order valence-electron chi connectivity index (χ2n) is 2.91. The molecule has 13 heavy (non-hydrogen) atoms. The highest BCUT2D eigenvalue weighted by molar-refractivity contribution is 5.36. The standard InChI is InChI=1S/C11H9NO/c1-3-11(2,13)10-6-4-9(8-12)5-7-10/h1,4-7,13H,2H3. The highest BCUT2D eigenvalue weighted by atomic mass is 16.3. The number of hydrogen-bond donors (Lipinski definition) is 1. The predicted molar refractivity (Wildman–Crippen MR) is 49.6 cm³/mol. The van der Waals surface area contributed by atoms with Crippen LogP contribution in [0, 0.1) is 23.7 Å². The quantitative estimate of drug-likeness (QED) is 0.649. The van der Waals surface area contributed by atoms with Gasteiger partial charge in [-0.05, 0) is 24.6 Å². The highest BCUT2D eigenvalue weighted by Gasteiger charge is 2.18. The van der Waals surface area contributed by atoms with Crippen molar-refractivity contribution in [3.8, 4) is 18.4 Å². The van der Waals surface area contributed by atoms with Crippen LogP contribution in [-0.2, 0) is 5.60 Å². The van der Waals surface area contributed by atoms with E-state index in [1.54, 1.807) is 24.3 Å². The molecule has 1 rings (SSSR count). The minimum atomic E-state index is -1.26. The highest BCUT2D eigenvalue weighted by Crippen LogP contribution is 2.19. The van der Waals surface area contributed by atoms with Crippen LogP contribution in [-0.4, -0.2) is 5.11 Å². The van der Waals surface area contributed by atoms with Gasteiger partial charge in [0.05, 0.1) is 11.6 Å². The summed E-state index contributed by atoms with van der Waals surface area (Å²) in [7, 11) is 0. The Hall–Kier alpha value is -1.77. The molecule has 2 heteroatoms. The van der Waals surface area contributed by atoms with E-state index < -0.39 is 5.60 Å². The summed E-state index contributed by atoms with van der Waals surface area (Å²) in [5.74, 6) is 2.27. The molecule has 0 aliphatic heterocycles. The van der Waals surface area contributed by atoms with Crippen LogP contribution < -0.4 is 0 Å². The first kappa shape index (κ1) is 9.32. The maximum atomic E-state index is 9.64. The van der Waals surface area contributed by atoms with Gasteiger partial charge in [0.25, 0.3) is 0 Å². The lowest BCUT2D eigenvalue weighted by atomic mass is 9.96. The van der Waals surface area contributed by atoms with E-state index in [9.17, 15) is 5.11 Å². The molecule has 0 bridgehead atoms. The zero-order valence-corrected chi connectivity index (χ0v) is 7.28. The minimum Gasteiger partial charge on any atom is -0.374 e. The Kier molecular flexibility index (Phi) is 2.37. The van der Waals surface area contributed by atoms with Crippen molar-refractivity contribution in [1.82, 2.24) is 0 Å². The molecular weight excluding hydrogens is 162 g/mol. The molecule has 0 saturated carbocycles. The van der Waals surface area contributed by atoms with E-state index in [2.05, 4.69) is 5.92 Å². The molecular formula is C11H9NO. The summed E-state index contributed by atoms with van der Waals surface area (Å²) in [6, 6.07) is 8.55. The van der Waals surface area contributed by atoms with Gasteiger partial charge < -0.3 is 5.11 Å². The molecule has 0 fully saturated rings. The maximum absolute atomic E-state index is 9.64. The topological polar surface area (TPSA) is 44.0 Å². The van der Waals surface area contributed by atoms with Gasteiger partial charge in [-0.1, -0.05) is 18.1 Å². The van der Waals surface area contributed by atoms with Crippen molar-refractivity contribution < 1.29 is 5.11 Å². The van der Waals surface area contributed by atoms with Crippen molar-refractivity contribution in [3.63, 3.8) is 0 Å². The zero-order chi connectivity index (χ0) is 9.90. The molecule has 0 aliphatic carbocycles. The Balaban J connectivity index is 3.09. The second-order valence-corrected chi connectivity index (χ2v) is 2.91. The third-order valence-electron chi connectivity index (χ3n) is 1.86. The van der Waals surface area contributed by atoms with Crippen molar-refractivity contribution >= 4 is 0 Å². The van der Waals surface area contributed by atoms with Crippen molar-refractivity contribution in [2.45, 2.75) is 12.5 Å². The molecule has 1 aromatic rings. The van der Waals surface area contributed by atoms with E-state index in [0.29, 0.717) is 11.1 Å². The number of aliphatic hydroxyl groups is 1. The first-order valence-corrected chi connectivity index (χ1v) is 3.81. The molecule has 1 atom stereocenters. The predicted octanol–water partition coefficient (Wildman–Crippen LogP) is 1.40. The molecule has 0 saturated heterocycles. The molecule has 2 nitrogen and oxygen atoms in total. The summed E-state index contributed by atoms with van der Waals surface area (Å²) in [5, 5.41) is 18.2. The molecule has 0 aromatic heterocycles. The van der Waals surface area contributed by atoms with Gasteiger partial charge in [0.1, 0.15) is 5.60 Å². The Morgan fingerprint density at radius 2 is 1.92 bits per heavy atom. The fourth-order valence-corrected chi connectivity index (χ4v) is 0.953. The third kappa shape index (κ3) is 1.87. The minimum absolute atomic E-state index is 0.552. The number of benzene rings is 1. The van der Waals surface area contributed by atoms with E-state index in [-0.39, 0.29) is 0 Å². The number of hydrogen-bond acceptors (Lipinski definition) is 2. The normalized spacial score (nSPS) is 13.8. The summed E-state index contributed by atoms with van der Waals surface area (Å²) < 4.78 is 0. The molecule has 1 N–H and O–H groups in total. The number of nitriles is 1. The van der Waals surface area contributed by atoms with Gasteiger partial charge in [-0.2, -0.15) is 5.26 Å². The van der Waals surface area contributed by atoms with Crippen LogP contribution in [0.25, 0.3) is 0 Å². The van der Waals surface area contributed by atoms with Gasteiger partial charge in [-0.3, -0.25) is 0 Å². The zero-order valence-electron chi connectivity index (χ0n) is 7.28. The van der Waals surface area contributed by atoms with Crippen molar-refractivity contribution in [2.24, 2.45) is 0 Å². The summed E-state index contributed by atoms with van der Waals surface area (Å²) >= 11 is 0. The van der Waals surface area contributed by atoms with E-state index in [1.165, 1.54) is 6.92 Å². The second kappa shape index (κ2) is 3.31. The van der Waals surface area contributed by atoms with Gasteiger partial charge in [-0.15, -0.1) is 6.42 Å². The Bertz CT molecular complexity index is 376. The van der Waals surface area contributed by atoms with E-state index in [0.717, 1.165) is 0 Å². The number of rotatable bonds is 1. The molecule has 1 aromatic carbocycles. The van der Waals surface area contributed by atoms with Crippen LogP contribution in [0.3, 0.4) is 0 Å². The van der Waals surface area contributed by atoms with Crippen LogP contribution in [0.15, 0.2) is 24.3 Å². The smallest absolute Gasteiger partial charge is 0.147 e. The largest absolute Gasteiger partial charge is 0.374 e. The maximum Gasteiger partial charge on any atom is 0.147 e. The summed E-state index contributed by atoms with van der Waals surface area (Å²) in [6.07, 6.45) is 5.14. The van der Waals surface area contributed by atoms with Crippen LogP contribution in [0.4, 0.5) is 0 Å². The molecule has 64 valence electrons. The number of nitrogens with zero attached hydrogens (tertiary/aromatic N) is 1. The lowest BCUT2D eigenvalue weighted by molar-refractivity contribution is 0.122. The van der Waals surface area contributed by atoms with Gasteiger partial charge >= 0.3 is 0 Å². The van der Waals surface area contributed by atoms with Gasteiger partial charge in [0.15, 0.2) is 0 Å². The molecule has 0 amide bonds. The Morgan fingerprint density at radius 1 is 1.38 bits per heavy atom. The summed E-state index contributed by atoms with van der Waals surface area (Å²) in [4.78, 5) is 0. The number of terminal acetylenes is 1. The van der Waals surface area contributed by atoms with E-state index in [4.69, 9.17) is 11.7 Å². The molecule has 0 spiro atoms. The lowest BCUT2D eigenvalue weighted by Gasteiger charge is -2.16. The first-order valence-electron chi connectivity index (χ1n) is 3.81. The van der Waals surface area contributed by atoms with Crippen molar-refractivity contribution in [2.75, 3.05) is 0 Å². The monoisotopic (exact) mass is 171 g/mol. The van der Waals surface area contributed by atoms with Gasteiger partial charge in [0, 0.05) is 0 Å². The average Bonchev–Trinajstić information content (AvgIpc) is 2.18. The van der Waals surface area contributed by atoms with Gasteiger partial charge in [0.2, 0.25) is 0 Å². The summed E-state index contributed by atoms with van der Waals surface area (Å²) in [5.41, 5.74) is -0.0841. The van der Waals surface area contributed by atoms with Crippen molar-refractivity contribution in [1.29, 1.82) is 5.26 Å². The molecule has 1 unspecified atom stereocenters. The van der Waals surface area contributed by atoms with Crippen molar-refractivity contribution in [3.05, 3.63) is 35.4 Å². The van der Waals surface area contributed by atoms with E-state index >= 15 is 0 Å². The molecule has 0 heterocycles. The Morgan fingerprint density at radius 3 is 2.31 bits per heavy atom. The van der Waals surface area contributed by atoms with Crippen LogP contribution in [0.2, 0.25) is 0 Å². The van der Waals surface area contributed by atoms with Crippen LogP contribution >= 0.6 is 0 Å². The fraction of sp³-hybridized carbons (Fsp3) is 0.182. The third-order valence-corrected chi connectivity index (χ3v) is 1.86. The lowest BCUT2D eigenvalue weighted by Crippen LogP contribution is -2.17. The van der Waals surface area contributed by atoms with Crippen LogP contribution in [0.1, 0.15) is 18.1 Å². The van der Waals surface area contributed by atoms with E-state index in [1.807, 2.05) is 6.07 Å². The molecule has 0 radical (unpaired) electrons. The van der Waals surface area contributed by atoms with Crippen LogP contribution in [0.5, 0.6) is 0 Å². The first-order chi connectivity index (χ1) is 6.10. The summed E-state index contributed by atoms with van der Waals surface area (Å²) in [6.45, 7) is 1.54. The van der Waals surface area contributed by atoms with Gasteiger partial charge in [-0.25, -0.2) is 0 Å². The SMILES string of the molecule is C#CC(C)(O)c1ccc(C#N)cc1.